The summed E-state index contributed by atoms with van der Waals surface area (Å²) in [6.45, 7) is 1.84. The summed E-state index contributed by atoms with van der Waals surface area (Å²) in [6.07, 6.45) is 0.630. The smallest absolute Gasteiger partial charge is 0.332 e. The lowest BCUT2D eigenvalue weighted by Crippen LogP contribution is -2.40. The molecule has 0 aliphatic carbocycles. The van der Waals surface area contributed by atoms with Crippen molar-refractivity contribution in [3.05, 3.63) is 90.2 Å². The standard InChI is InChI=1S/C24H21Cl2N3O4/c1-15-5-7-16(8-6-15)10-12-20(31)27-21-22(26)29(24(33)28(2)23(21)32)13-3-4-17-9-11-18(25)19(30)14-17/h5-9,11,14,30H,10,12-13H2,1-2H3,(H,27,31). The average molecular weight is 486 g/mol. The number of carbonyl (C=O) groups is 1. The Balaban J connectivity index is 1.80. The number of aromatic hydroxyl groups is 1. The largest absolute Gasteiger partial charge is 0.506 e. The van der Waals surface area contributed by atoms with Crippen LogP contribution < -0.4 is 16.6 Å². The minimum Gasteiger partial charge on any atom is -0.506 e. The van der Waals surface area contributed by atoms with Gasteiger partial charge >= 0.3 is 5.69 Å². The lowest BCUT2D eigenvalue weighted by molar-refractivity contribution is -0.116. The van der Waals surface area contributed by atoms with Crippen molar-refractivity contribution in [1.82, 2.24) is 9.13 Å². The number of anilines is 1. The van der Waals surface area contributed by atoms with Crippen LogP contribution in [0, 0.1) is 18.8 Å². The van der Waals surface area contributed by atoms with Crippen LogP contribution in [0.3, 0.4) is 0 Å². The molecule has 33 heavy (non-hydrogen) atoms. The molecular weight excluding hydrogens is 465 g/mol. The topological polar surface area (TPSA) is 93.3 Å². The van der Waals surface area contributed by atoms with Gasteiger partial charge in [0.15, 0.2) is 0 Å². The van der Waals surface area contributed by atoms with E-state index in [-0.39, 0.29) is 34.6 Å². The number of nitrogens with one attached hydrogen (secondary N) is 1. The maximum absolute atomic E-state index is 12.5. The quantitative estimate of drug-likeness (QED) is 0.427. The molecule has 2 N–H and O–H groups in total. The molecule has 0 aliphatic heterocycles. The molecule has 1 amide bonds. The zero-order valence-corrected chi connectivity index (χ0v) is 19.5. The number of aromatic nitrogens is 2. The van der Waals surface area contributed by atoms with Gasteiger partial charge in [-0.3, -0.25) is 18.7 Å². The van der Waals surface area contributed by atoms with Crippen molar-refractivity contribution in [1.29, 1.82) is 0 Å². The maximum atomic E-state index is 12.5. The second-order valence-corrected chi connectivity index (χ2v) is 8.17. The molecule has 170 valence electrons. The van der Waals surface area contributed by atoms with Crippen LogP contribution in [0.5, 0.6) is 5.75 Å². The molecular formula is C24H21Cl2N3O4. The molecule has 3 rings (SSSR count). The van der Waals surface area contributed by atoms with Crippen molar-refractivity contribution >= 4 is 34.8 Å². The van der Waals surface area contributed by atoms with Gasteiger partial charge in [0.25, 0.3) is 5.56 Å². The highest BCUT2D eigenvalue weighted by atomic mass is 35.5. The first-order valence-corrected chi connectivity index (χ1v) is 10.7. The minimum atomic E-state index is -0.708. The van der Waals surface area contributed by atoms with Crippen LogP contribution in [0.25, 0.3) is 0 Å². The number of hydrogen-bond donors (Lipinski definition) is 2. The molecule has 7 nitrogen and oxygen atoms in total. The molecule has 0 fully saturated rings. The van der Waals surface area contributed by atoms with E-state index in [1.807, 2.05) is 31.2 Å². The third-order valence-corrected chi connectivity index (χ3v) is 5.63. The van der Waals surface area contributed by atoms with Gasteiger partial charge in [-0.05, 0) is 37.1 Å². The molecule has 0 saturated carbocycles. The number of benzene rings is 2. The molecule has 3 aromatic rings. The number of phenols is 1. The predicted octanol–water partition coefficient (Wildman–Crippen LogP) is 3.49. The van der Waals surface area contributed by atoms with Gasteiger partial charge in [0, 0.05) is 19.0 Å². The second kappa shape index (κ2) is 10.4. The van der Waals surface area contributed by atoms with Crippen LogP contribution in [0.15, 0.2) is 52.1 Å². The van der Waals surface area contributed by atoms with Gasteiger partial charge in [0.2, 0.25) is 5.91 Å². The third-order valence-electron chi connectivity index (χ3n) is 4.92. The van der Waals surface area contributed by atoms with Gasteiger partial charge in [-0.1, -0.05) is 64.9 Å². The number of phenolic OH excluding ortho intramolecular Hbond substituents is 1. The normalized spacial score (nSPS) is 10.4. The molecule has 0 bridgehead atoms. The van der Waals surface area contributed by atoms with E-state index < -0.39 is 17.2 Å². The zero-order valence-electron chi connectivity index (χ0n) is 18.0. The molecule has 0 unspecified atom stereocenters. The van der Waals surface area contributed by atoms with Crippen LogP contribution in [0.1, 0.15) is 23.1 Å². The Labute approximate surface area is 200 Å². The summed E-state index contributed by atoms with van der Waals surface area (Å²) in [5.41, 5.74) is 1.03. The van der Waals surface area contributed by atoms with E-state index in [1.54, 1.807) is 6.07 Å². The highest BCUT2D eigenvalue weighted by Crippen LogP contribution is 2.23. The van der Waals surface area contributed by atoms with Crippen LogP contribution in [-0.2, 0) is 24.8 Å². The first-order chi connectivity index (χ1) is 15.7. The van der Waals surface area contributed by atoms with Crippen LogP contribution >= 0.6 is 23.2 Å². The van der Waals surface area contributed by atoms with E-state index in [0.717, 1.165) is 20.3 Å². The van der Waals surface area contributed by atoms with Gasteiger partial charge in [0.1, 0.15) is 16.6 Å². The summed E-state index contributed by atoms with van der Waals surface area (Å²) in [4.78, 5) is 37.5. The van der Waals surface area contributed by atoms with E-state index in [9.17, 15) is 19.5 Å². The fourth-order valence-corrected chi connectivity index (χ4v) is 3.39. The number of carbonyl (C=O) groups excluding carboxylic acids is 1. The fraction of sp³-hybridized carbons (Fsp3) is 0.208. The van der Waals surface area contributed by atoms with Crippen molar-refractivity contribution in [3.63, 3.8) is 0 Å². The number of rotatable bonds is 5. The van der Waals surface area contributed by atoms with Gasteiger partial charge < -0.3 is 10.4 Å². The number of nitrogens with zero attached hydrogens (tertiary/aromatic N) is 2. The molecule has 0 aliphatic rings. The molecule has 0 radical (unpaired) electrons. The number of amides is 1. The van der Waals surface area contributed by atoms with E-state index >= 15 is 0 Å². The van der Waals surface area contributed by atoms with Crippen molar-refractivity contribution in [2.24, 2.45) is 7.05 Å². The minimum absolute atomic E-state index is 0.114. The summed E-state index contributed by atoms with van der Waals surface area (Å²) in [7, 11) is 1.30. The summed E-state index contributed by atoms with van der Waals surface area (Å²) in [6, 6.07) is 12.3. The van der Waals surface area contributed by atoms with E-state index in [1.165, 1.54) is 19.2 Å². The number of hydrogen-bond acceptors (Lipinski definition) is 4. The van der Waals surface area contributed by atoms with Gasteiger partial charge in [0.05, 0.1) is 11.6 Å². The molecule has 0 atom stereocenters. The second-order valence-electron chi connectivity index (χ2n) is 7.40. The SMILES string of the molecule is Cc1ccc(CCC(=O)Nc2c(Cl)n(CC#Cc3ccc(Cl)c(O)c3)c(=O)n(C)c2=O)cc1. The first-order valence-electron chi connectivity index (χ1n) is 9.99. The number of halogens is 2. The summed E-state index contributed by atoms with van der Waals surface area (Å²) in [5, 5.41) is 12.2. The monoisotopic (exact) mass is 485 g/mol. The van der Waals surface area contributed by atoms with Crippen molar-refractivity contribution in [2.75, 3.05) is 5.32 Å². The van der Waals surface area contributed by atoms with Crippen molar-refractivity contribution in [3.8, 4) is 17.6 Å². The van der Waals surface area contributed by atoms with Crippen molar-refractivity contribution < 1.29 is 9.90 Å². The maximum Gasteiger partial charge on any atom is 0.332 e. The van der Waals surface area contributed by atoms with Gasteiger partial charge in [-0.15, -0.1) is 0 Å². The molecule has 0 spiro atoms. The van der Waals surface area contributed by atoms with Gasteiger partial charge in [-0.2, -0.15) is 0 Å². The zero-order chi connectivity index (χ0) is 24.1. The predicted molar refractivity (Wildman–Crippen MR) is 129 cm³/mol. The Morgan fingerprint density at radius 2 is 1.82 bits per heavy atom. The van der Waals surface area contributed by atoms with Crippen LogP contribution in [0.4, 0.5) is 5.69 Å². The Morgan fingerprint density at radius 1 is 1.12 bits per heavy atom. The summed E-state index contributed by atoms with van der Waals surface area (Å²) >= 11 is 12.1. The van der Waals surface area contributed by atoms with E-state index in [4.69, 9.17) is 23.2 Å². The fourth-order valence-electron chi connectivity index (χ4n) is 3.01. The first kappa shape index (κ1) is 24.2. The highest BCUT2D eigenvalue weighted by molar-refractivity contribution is 6.32. The van der Waals surface area contributed by atoms with E-state index in [0.29, 0.717) is 12.0 Å². The lowest BCUT2D eigenvalue weighted by atomic mass is 10.1. The highest BCUT2D eigenvalue weighted by Gasteiger charge is 2.17. The van der Waals surface area contributed by atoms with E-state index in [2.05, 4.69) is 17.2 Å². The molecule has 9 heteroatoms. The van der Waals surface area contributed by atoms with Crippen LogP contribution in [0.2, 0.25) is 10.2 Å². The summed E-state index contributed by atoms with van der Waals surface area (Å²) in [5.74, 6) is 5.05. The van der Waals surface area contributed by atoms with Crippen LogP contribution in [-0.4, -0.2) is 20.1 Å². The molecule has 1 aromatic heterocycles. The van der Waals surface area contributed by atoms with Gasteiger partial charge in [-0.25, -0.2) is 4.79 Å². The molecule has 1 heterocycles. The molecule has 0 saturated heterocycles. The number of aryl methyl sites for hydroxylation is 2. The Morgan fingerprint density at radius 3 is 2.48 bits per heavy atom. The molecule has 2 aromatic carbocycles. The van der Waals surface area contributed by atoms with Crippen molar-refractivity contribution in [2.45, 2.75) is 26.3 Å². The Hall–Kier alpha value is -3.47. The summed E-state index contributed by atoms with van der Waals surface area (Å²) < 4.78 is 1.94. The average Bonchev–Trinajstić information content (AvgIpc) is 2.79. The Kier molecular flexibility index (Phi) is 7.64. The Bertz CT molecular complexity index is 1380. The lowest BCUT2D eigenvalue weighted by Gasteiger charge is -2.13. The third kappa shape index (κ3) is 5.86.